The summed E-state index contributed by atoms with van der Waals surface area (Å²) in [6.45, 7) is 0. The van der Waals surface area contributed by atoms with Gasteiger partial charge in [-0.25, -0.2) is 4.99 Å². The molecule has 0 bridgehead atoms. The van der Waals surface area contributed by atoms with Crippen molar-refractivity contribution in [3.05, 3.63) is 30.2 Å². The summed E-state index contributed by atoms with van der Waals surface area (Å²) in [5.74, 6) is 1.56. The molecule has 1 aromatic heterocycles. The zero-order chi connectivity index (χ0) is 13.0. The summed E-state index contributed by atoms with van der Waals surface area (Å²) in [5, 5.41) is 3.82. The van der Waals surface area contributed by atoms with Crippen molar-refractivity contribution in [3.8, 4) is 11.4 Å². The fourth-order valence-electron chi connectivity index (χ4n) is 1.34. The maximum absolute atomic E-state index is 5.60. The van der Waals surface area contributed by atoms with Crippen molar-refractivity contribution in [2.75, 3.05) is 5.88 Å². The number of benzene rings is 1. The SMILES string of the molecule is NC(CCl)=Nc1cccc(-c2noc(CCl)n2)c1. The molecular weight excluding hydrogens is 275 g/mol. The Labute approximate surface area is 114 Å². The van der Waals surface area contributed by atoms with Crippen molar-refractivity contribution in [1.29, 1.82) is 0 Å². The number of hydrogen-bond donors (Lipinski definition) is 1. The Morgan fingerprint density at radius 3 is 2.89 bits per heavy atom. The van der Waals surface area contributed by atoms with Crippen LogP contribution in [-0.4, -0.2) is 21.9 Å². The lowest BCUT2D eigenvalue weighted by molar-refractivity contribution is 0.391. The predicted octanol–water partition coefficient (Wildman–Crippen LogP) is 2.70. The number of hydrogen-bond acceptors (Lipinski definition) is 4. The van der Waals surface area contributed by atoms with E-state index in [0.717, 1.165) is 5.56 Å². The molecule has 0 aliphatic carbocycles. The van der Waals surface area contributed by atoms with Gasteiger partial charge in [-0.1, -0.05) is 17.3 Å². The molecule has 0 fully saturated rings. The zero-order valence-electron chi connectivity index (χ0n) is 9.31. The van der Waals surface area contributed by atoms with Gasteiger partial charge in [0.25, 0.3) is 0 Å². The van der Waals surface area contributed by atoms with E-state index in [2.05, 4.69) is 15.1 Å². The highest BCUT2D eigenvalue weighted by atomic mass is 35.5. The highest BCUT2D eigenvalue weighted by Crippen LogP contribution is 2.22. The van der Waals surface area contributed by atoms with Crippen LogP contribution < -0.4 is 5.73 Å². The Kier molecular flexibility index (Phi) is 4.17. The smallest absolute Gasteiger partial charge is 0.241 e. The number of aromatic nitrogens is 2. The molecule has 94 valence electrons. The molecule has 0 aliphatic heterocycles. The third-order valence-electron chi connectivity index (χ3n) is 2.10. The Morgan fingerprint density at radius 1 is 1.39 bits per heavy atom. The quantitative estimate of drug-likeness (QED) is 0.532. The van der Waals surface area contributed by atoms with E-state index in [1.807, 2.05) is 18.2 Å². The standard InChI is InChI=1S/C11H10Cl2N4O/c12-5-9(14)15-8-3-1-2-7(4-8)11-16-10(6-13)18-17-11/h1-4H,5-6H2,(H2,14,15). The van der Waals surface area contributed by atoms with Crippen LogP contribution in [0.4, 0.5) is 5.69 Å². The number of amidine groups is 1. The van der Waals surface area contributed by atoms with Crippen LogP contribution in [0.2, 0.25) is 0 Å². The maximum atomic E-state index is 5.60. The first-order chi connectivity index (χ1) is 8.72. The summed E-state index contributed by atoms with van der Waals surface area (Å²) in [4.78, 5) is 8.26. The molecule has 7 heteroatoms. The molecule has 2 N–H and O–H groups in total. The molecule has 0 saturated heterocycles. The molecule has 2 aromatic rings. The Balaban J connectivity index is 2.32. The van der Waals surface area contributed by atoms with Gasteiger partial charge in [0.05, 0.1) is 11.6 Å². The van der Waals surface area contributed by atoms with Gasteiger partial charge in [-0.05, 0) is 12.1 Å². The third kappa shape index (κ3) is 3.00. The van der Waals surface area contributed by atoms with Gasteiger partial charge in [0.15, 0.2) is 0 Å². The van der Waals surface area contributed by atoms with Gasteiger partial charge in [-0.3, -0.25) is 0 Å². The van der Waals surface area contributed by atoms with Gasteiger partial charge < -0.3 is 10.3 Å². The lowest BCUT2D eigenvalue weighted by atomic mass is 10.2. The maximum Gasteiger partial charge on any atom is 0.241 e. The molecule has 0 spiro atoms. The average Bonchev–Trinajstić information content (AvgIpc) is 2.87. The minimum absolute atomic E-state index is 0.183. The molecule has 0 amide bonds. The van der Waals surface area contributed by atoms with Gasteiger partial charge >= 0.3 is 0 Å². The monoisotopic (exact) mass is 284 g/mol. The first kappa shape index (κ1) is 12.9. The summed E-state index contributed by atoms with van der Waals surface area (Å²) >= 11 is 11.2. The van der Waals surface area contributed by atoms with E-state index < -0.39 is 0 Å². The molecule has 1 heterocycles. The first-order valence-electron chi connectivity index (χ1n) is 5.11. The van der Waals surface area contributed by atoms with E-state index in [1.165, 1.54) is 0 Å². The molecule has 0 aliphatic rings. The molecular formula is C11H10Cl2N4O. The van der Waals surface area contributed by atoms with Crippen LogP contribution in [0.15, 0.2) is 33.8 Å². The Morgan fingerprint density at radius 2 is 2.22 bits per heavy atom. The van der Waals surface area contributed by atoms with Crippen molar-refractivity contribution >= 4 is 34.7 Å². The van der Waals surface area contributed by atoms with Crippen molar-refractivity contribution in [2.45, 2.75) is 5.88 Å². The number of halogens is 2. The van der Waals surface area contributed by atoms with Gasteiger partial charge in [0.2, 0.25) is 11.7 Å². The minimum atomic E-state index is 0.183. The normalized spacial score (nSPS) is 11.8. The molecule has 18 heavy (non-hydrogen) atoms. The predicted molar refractivity (Wildman–Crippen MR) is 71.3 cm³/mol. The zero-order valence-corrected chi connectivity index (χ0v) is 10.8. The van der Waals surface area contributed by atoms with E-state index in [9.17, 15) is 0 Å². The number of rotatable bonds is 4. The molecule has 1 aromatic carbocycles. The topological polar surface area (TPSA) is 77.3 Å². The lowest BCUT2D eigenvalue weighted by Crippen LogP contribution is -2.12. The molecule has 2 rings (SSSR count). The third-order valence-corrected chi connectivity index (χ3v) is 2.60. The summed E-state index contributed by atoms with van der Waals surface area (Å²) in [6.07, 6.45) is 0. The molecule has 0 unspecified atom stereocenters. The van der Waals surface area contributed by atoms with Crippen LogP contribution in [0, 0.1) is 0 Å². The summed E-state index contributed by atoms with van der Waals surface area (Å²) < 4.78 is 4.94. The van der Waals surface area contributed by atoms with Crippen LogP contribution in [0.3, 0.4) is 0 Å². The van der Waals surface area contributed by atoms with Crippen LogP contribution in [-0.2, 0) is 5.88 Å². The highest BCUT2D eigenvalue weighted by Gasteiger charge is 2.07. The van der Waals surface area contributed by atoms with E-state index in [4.69, 9.17) is 33.5 Å². The fraction of sp³-hybridized carbons (Fsp3) is 0.182. The summed E-state index contributed by atoms with van der Waals surface area (Å²) in [6, 6.07) is 7.28. The van der Waals surface area contributed by atoms with Crippen LogP contribution >= 0.6 is 23.2 Å². The lowest BCUT2D eigenvalue weighted by Gasteiger charge is -1.98. The second-order valence-electron chi connectivity index (χ2n) is 3.43. The largest absolute Gasteiger partial charge is 0.386 e. The Bertz CT molecular complexity index is 568. The number of nitrogens with zero attached hydrogens (tertiary/aromatic N) is 3. The second kappa shape index (κ2) is 5.84. The molecule has 0 radical (unpaired) electrons. The number of nitrogens with two attached hydrogens (primary N) is 1. The van der Waals surface area contributed by atoms with Gasteiger partial charge in [-0.15, -0.1) is 23.2 Å². The summed E-state index contributed by atoms with van der Waals surface area (Å²) in [7, 11) is 0. The van der Waals surface area contributed by atoms with Crippen molar-refractivity contribution in [1.82, 2.24) is 10.1 Å². The molecule has 5 nitrogen and oxygen atoms in total. The van der Waals surface area contributed by atoms with E-state index in [-0.39, 0.29) is 11.8 Å². The van der Waals surface area contributed by atoms with Crippen LogP contribution in [0.1, 0.15) is 5.89 Å². The minimum Gasteiger partial charge on any atom is -0.386 e. The van der Waals surface area contributed by atoms with Gasteiger partial charge in [0.1, 0.15) is 11.7 Å². The van der Waals surface area contributed by atoms with E-state index >= 15 is 0 Å². The Hall–Kier alpha value is -1.59. The van der Waals surface area contributed by atoms with E-state index in [0.29, 0.717) is 23.2 Å². The highest BCUT2D eigenvalue weighted by molar-refractivity contribution is 6.28. The number of alkyl halides is 2. The van der Waals surface area contributed by atoms with Crippen LogP contribution in [0.5, 0.6) is 0 Å². The first-order valence-corrected chi connectivity index (χ1v) is 6.18. The fourth-order valence-corrected chi connectivity index (χ4v) is 1.50. The molecule has 0 atom stereocenters. The van der Waals surface area contributed by atoms with Crippen molar-refractivity contribution in [3.63, 3.8) is 0 Å². The summed E-state index contributed by atoms with van der Waals surface area (Å²) in [5.41, 5.74) is 7.03. The van der Waals surface area contributed by atoms with Gasteiger partial charge in [0, 0.05) is 5.56 Å². The van der Waals surface area contributed by atoms with Gasteiger partial charge in [-0.2, -0.15) is 4.98 Å². The van der Waals surface area contributed by atoms with E-state index in [1.54, 1.807) is 6.07 Å². The second-order valence-corrected chi connectivity index (χ2v) is 3.97. The molecule has 0 saturated carbocycles. The van der Waals surface area contributed by atoms with Crippen LogP contribution in [0.25, 0.3) is 11.4 Å². The average molecular weight is 285 g/mol. The van der Waals surface area contributed by atoms with Crippen molar-refractivity contribution < 1.29 is 4.52 Å². The van der Waals surface area contributed by atoms with Crippen molar-refractivity contribution in [2.24, 2.45) is 10.7 Å². The number of aliphatic imine (C=N–C) groups is 1.